The highest BCUT2D eigenvalue weighted by molar-refractivity contribution is 6.32. The maximum absolute atomic E-state index is 12.1. The van der Waals surface area contributed by atoms with Crippen molar-refractivity contribution in [2.45, 2.75) is 13.8 Å². The Hall–Kier alpha value is -3.22. The Morgan fingerprint density at radius 1 is 1.35 bits per heavy atom. The first-order chi connectivity index (χ1) is 10.9. The van der Waals surface area contributed by atoms with Crippen molar-refractivity contribution in [2.24, 2.45) is 4.99 Å². The monoisotopic (exact) mass is 311 g/mol. The number of ether oxygens (including phenoxy) is 1. The van der Waals surface area contributed by atoms with Gasteiger partial charge in [0.2, 0.25) is 0 Å². The molecule has 0 unspecified atom stereocenters. The van der Waals surface area contributed by atoms with Gasteiger partial charge in [-0.3, -0.25) is 15.0 Å². The van der Waals surface area contributed by atoms with Gasteiger partial charge in [0.15, 0.2) is 11.7 Å². The fraction of sp³-hybridized carbons (Fsp3) is 0.125. The summed E-state index contributed by atoms with van der Waals surface area (Å²) in [6, 6.07) is 6.58. The summed E-state index contributed by atoms with van der Waals surface area (Å²) in [5.41, 5.74) is 0.800. The molecule has 0 saturated carbocycles. The van der Waals surface area contributed by atoms with Gasteiger partial charge in [-0.05, 0) is 30.7 Å². The zero-order valence-corrected chi connectivity index (χ0v) is 12.5. The fourth-order valence-electron chi connectivity index (χ4n) is 2.17. The quantitative estimate of drug-likeness (QED) is 0.513. The smallest absolute Gasteiger partial charge is 0.308 e. The van der Waals surface area contributed by atoms with Gasteiger partial charge in [-0.25, -0.2) is 0 Å². The van der Waals surface area contributed by atoms with Crippen LogP contribution in [0.3, 0.4) is 0 Å². The van der Waals surface area contributed by atoms with Crippen LogP contribution in [0.15, 0.2) is 46.7 Å². The summed E-state index contributed by atoms with van der Waals surface area (Å²) in [5.74, 6) is 0.300. The Morgan fingerprint density at radius 3 is 2.70 bits per heavy atom. The van der Waals surface area contributed by atoms with E-state index in [9.17, 15) is 9.59 Å². The van der Waals surface area contributed by atoms with Crippen molar-refractivity contribution < 1.29 is 19.2 Å². The third-order valence-corrected chi connectivity index (χ3v) is 3.13. The van der Waals surface area contributed by atoms with Crippen LogP contribution in [0.5, 0.6) is 5.75 Å². The van der Waals surface area contributed by atoms with Crippen LogP contribution < -0.4 is 4.74 Å². The van der Waals surface area contributed by atoms with Gasteiger partial charge in [0.25, 0.3) is 5.91 Å². The van der Waals surface area contributed by atoms with Gasteiger partial charge in [-0.2, -0.15) is 4.99 Å². The molecule has 3 rings (SSSR count). The average Bonchev–Trinajstić information content (AvgIpc) is 2.85. The molecule has 23 heavy (non-hydrogen) atoms. The number of nitrogens with zero attached hydrogens (tertiary/aromatic N) is 2. The lowest BCUT2D eigenvalue weighted by Gasteiger charge is -2.22. The van der Waals surface area contributed by atoms with Crippen LogP contribution in [0.25, 0.3) is 6.08 Å². The van der Waals surface area contributed by atoms with Crippen LogP contribution in [0.4, 0.5) is 0 Å². The summed E-state index contributed by atoms with van der Waals surface area (Å²) in [6.07, 6.45) is 3.14. The maximum Gasteiger partial charge on any atom is 0.308 e. The molecule has 1 aromatic rings. The third kappa shape index (κ3) is 2.89. The number of carbonyl (C=O) groups excluding carboxylic acids is 2. The van der Waals surface area contributed by atoms with E-state index in [4.69, 9.17) is 15.0 Å². The number of amidine groups is 2. The van der Waals surface area contributed by atoms with Gasteiger partial charge in [0.1, 0.15) is 11.5 Å². The molecule has 0 aromatic heterocycles. The summed E-state index contributed by atoms with van der Waals surface area (Å²) in [4.78, 5) is 32.2. The highest BCUT2D eigenvalue weighted by atomic mass is 16.7. The van der Waals surface area contributed by atoms with Gasteiger partial charge >= 0.3 is 5.97 Å². The number of fused-ring (bicyclic) bond motifs is 1. The molecule has 7 nitrogen and oxygen atoms in total. The Bertz CT molecular complexity index is 803. The van der Waals surface area contributed by atoms with Crippen molar-refractivity contribution in [1.29, 1.82) is 5.41 Å². The number of nitrogens with one attached hydrogen (secondary N) is 1. The minimum Gasteiger partial charge on any atom is -0.427 e. The topological polar surface area (TPSA) is 92.1 Å². The molecule has 0 fully saturated rings. The molecule has 0 radical (unpaired) electrons. The standard InChI is InChI=1S/C16H13N3O4/c1-9-7-14-18-16(21)13(15(17)19(14)23-9)8-11-3-5-12(6-4-11)22-10(2)20/h3-8,17H,1-2H3/b13-8+,17-15?. The summed E-state index contributed by atoms with van der Waals surface area (Å²) in [5, 5.41) is 9.31. The number of benzene rings is 1. The van der Waals surface area contributed by atoms with Gasteiger partial charge in [-0.1, -0.05) is 12.1 Å². The fourth-order valence-corrected chi connectivity index (χ4v) is 2.17. The molecule has 0 bridgehead atoms. The second-order valence-corrected chi connectivity index (χ2v) is 4.99. The maximum atomic E-state index is 12.1. The lowest BCUT2D eigenvalue weighted by Crippen LogP contribution is -2.38. The zero-order valence-electron chi connectivity index (χ0n) is 12.5. The third-order valence-electron chi connectivity index (χ3n) is 3.13. The largest absolute Gasteiger partial charge is 0.427 e. The number of rotatable bonds is 2. The Morgan fingerprint density at radius 2 is 2.04 bits per heavy atom. The molecule has 1 N–H and O–H groups in total. The lowest BCUT2D eigenvalue weighted by atomic mass is 10.1. The van der Waals surface area contributed by atoms with Gasteiger partial charge in [0, 0.05) is 13.0 Å². The molecular weight excluding hydrogens is 298 g/mol. The minimum absolute atomic E-state index is 0.0721. The predicted octanol–water partition coefficient (Wildman–Crippen LogP) is 2.06. The lowest BCUT2D eigenvalue weighted by molar-refractivity contribution is -0.131. The SMILES string of the molecule is CC(=O)Oc1ccc(/C=C2\C(=N)N3OC(C)=CC3=NC2=O)cc1. The number of hydrogen-bond acceptors (Lipinski definition) is 5. The van der Waals surface area contributed by atoms with Gasteiger partial charge in [0.05, 0.1) is 5.57 Å². The molecule has 7 heteroatoms. The first-order valence-corrected chi connectivity index (χ1v) is 6.82. The Balaban J connectivity index is 1.87. The van der Waals surface area contributed by atoms with Crippen LogP contribution in [-0.2, 0) is 14.4 Å². The van der Waals surface area contributed by atoms with E-state index in [1.165, 1.54) is 12.0 Å². The summed E-state index contributed by atoms with van der Waals surface area (Å²) >= 11 is 0. The van der Waals surface area contributed by atoms with Gasteiger partial charge in [-0.15, -0.1) is 5.06 Å². The number of aliphatic imine (C=N–C) groups is 1. The van der Waals surface area contributed by atoms with E-state index in [0.29, 0.717) is 22.9 Å². The van der Waals surface area contributed by atoms with Crippen LogP contribution in [0, 0.1) is 5.41 Å². The number of carbonyl (C=O) groups is 2. The van der Waals surface area contributed by atoms with E-state index < -0.39 is 11.9 Å². The molecular formula is C16H13N3O4. The summed E-state index contributed by atoms with van der Waals surface area (Å²) in [6.45, 7) is 3.04. The Kier molecular flexibility index (Phi) is 3.53. The number of hydrogen-bond donors (Lipinski definition) is 1. The molecule has 2 heterocycles. The molecule has 0 aliphatic carbocycles. The van der Waals surface area contributed by atoms with Crippen LogP contribution in [0.2, 0.25) is 0 Å². The van der Waals surface area contributed by atoms with Crippen LogP contribution in [0.1, 0.15) is 19.4 Å². The van der Waals surface area contributed by atoms with Crippen molar-refractivity contribution >= 4 is 29.6 Å². The molecule has 2 aliphatic rings. The van der Waals surface area contributed by atoms with E-state index in [-0.39, 0.29) is 11.4 Å². The number of esters is 1. The van der Waals surface area contributed by atoms with E-state index >= 15 is 0 Å². The molecule has 0 atom stereocenters. The summed E-state index contributed by atoms with van der Waals surface area (Å²) < 4.78 is 4.94. The zero-order chi connectivity index (χ0) is 16.6. The van der Waals surface area contributed by atoms with Crippen molar-refractivity contribution in [2.75, 3.05) is 0 Å². The molecule has 1 aromatic carbocycles. The normalized spacial score (nSPS) is 18.3. The number of amides is 1. The van der Waals surface area contributed by atoms with Gasteiger partial charge < -0.3 is 9.57 Å². The minimum atomic E-state index is -0.500. The molecule has 0 saturated heterocycles. The van der Waals surface area contributed by atoms with E-state index in [2.05, 4.69) is 4.99 Å². The Labute approximate surface area is 132 Å². The van der Waals surface area contributed by atoms with Crippen molar-refractivity contribution in [3.05, 3.63) is 47.2 Å². The average molecular weight is 311 g/mol. The van der Waals surface area contributed by atoms with E-state index in [1.807, 2.05) is 0 Å². The number of hydroxylamine groups is 2. The predicted molar refractivity (Wildman–Crippen MR) is 82.6 cm³/mol. The highest BCUT2D eigenvalue weighted by Crippen LogP contribution is 2.24. The van der Waals surface area contributed by atoms with Crippen molar-refractivity contribution in [3.8, 4) is 5.75 Å². The van der Waals surface area contributed by atoms with E-state index in [1.54, 1.807) is 43.3 Å². The molecule has 0 spiro atoms. The van der Waals surface area contributed by atoms with E-state index in [0.717, 1.165) is 0 Å². The molecule has 116 valence electrons. The molecule has 1 amide bonds. The molecule has 2 aliphatic heterocycles. The second-order valence-electron chi connectivity index (χ2n) is 4.99. The summed E-state index contributed by atoms with van der Waals surface area (Å²) in [7, 11) is 0. The highest BCUT2D eigenvalue weighted by Gasteiger charge is 2.34. The van der Waals surface area contributed by atoms with Crippen LogP contribution in [-0.4, -0.2) is 28.6 Å². The van der Waals surface area contributed by atoms with Crippen LogP contribution >= 0.6 is 0 Å². The van der Waals surface area contributed by atoms with Crippen molar-refractivity contribution in [3.63, 3.8) is 0 Å². The number of allylic oxidation sites excluding steroid dienone is 1. The van der Waals surface area contributed by atoms with Crippen molar-refractivity contribution in [1.82, 2.24) is 5.06 Å². The second kappa shape index (κ2) is 5.53. The first-order valence-electron chi connectivity index (χ1n) is 6.82. The first kappa shape index (κ1) is 14.7.